The molecule has 21 heavy (non-hydrogen) atoms. The van der Waals surface area contributed by atoms with Gasteiger partial charge in [-0.05, 0) is 30.3 Å². The van der Waals surface area contributed by atoms with Gasteiger partial charge < -0.3 is 14.3 Å². The maximum Gasteiger partial charge on any atom is 0.170 e. The van der Waals surface area contributed by atoms with Gasteiger partial charge in [0.25, 0.3) is 0 Å². The van der Waals surface area contributed by atoms with E-state index in [4.69, 9.17) is 9.15 Å². The number of aliphatic hydroxyl groups excluding tert-OH is 1. The Morgan fingerprint density at radius 3 is 2.76 bits per heavy atom. The van der Waals surface area contributed by atoms with Crippen molar-refractivity contribution in [2.75, 3.05) is 7.11 Å². The lowest BCUT2D eigenvalue weighted by atomic mass is 10.1. The Labute approximate surface area is 129 Å². The molecule has 0 fully saturated rings. The first-order valence-electron chi connectivity index (χ1n) is 6.29. The number of ether oxygens (including phenoxy) is 1. The average Bonchev–Trinajstić information content (AvgIpc) is 2.93. The van der Waals surface area contributed by atoms with Crippen LogP contribution in [0.15, 0.2) is 51.4 Å². The summed E-state index contributed by atoms with van der Waals surface area (Å²) >= 11 is 3.38. The minimum absolute atomic E-state index is 0.144. The highest BCUT2D eigenvalue weighted by Crippen LogP contribution is 2.34. The monoisotopic (exact) mass is 350 g/mol. The van der Waals surface area contributed by atoms with E-state index in [0.717, 1.165) is 4.47 Å². The molecule has 0 bridgehead atoms. The number of aliphatic hydroxyl groups is 1. The minimum atomic E-state index is -1.01. The fourth-order valence-electron chi connectivity index (χ4n) is 2.19. The van der Waals surface area contributed by atoms with Crippen molar-refractivity contribution in [2.45, 2.75) is 6.10 Å². The summed E-state index contributed by atoms with van der Waals surface area (Å²) in [6.07, 6.45) is -1.01. The van der Waals surface area contributed by atoms with E-state index >= 15 is 0 Å². The molecule has 1 heterocycles. The summed E-state index contributed by atoms with van der Waals surface area (Å²) in [7, 11) is 1.55. The second kappa shape index (κ2) is 5.50. The van der Waals surface area contributed by atoms with E-state index in [-0.39, 0.29) is 11.3 Å². The molecule has 1 aromatic heterocycles. The Bertz CT molecular complexity index is 797. The highest BCUT2D eigenvalue weighted by Gasteiger charge is 2.20. The lowest BCUT2D eigenvalue weighted by molar-refractivity contribution is 0.190. The van der Waals surface area contributed by atoms with Gasteiger partial charge >= 0.3 is 0 Å². The maximum absolute atomic E-state index is 13.7. The standard InChI is InChI=1S/C16H12BrFO3/c1-20-10-5-6-12(17)11(8-10)15(19)14-7-9-3-2-4-13(18)16(9)21-14/h2-8,15,19H,1H3. The zero-order chi connectivity index (χ0) is 15.0. The van der Waals surface area contributed by atoms with Crippen LogP contribution in [0.1, 0.15) is 17.4 Å². The average molecular weight is 351 g/mol. The van der Waals surface area contributed by atoms with Crippen molar-refractivity contribution in [1.82, 2.24) is 0 Å². The van der Waals surface area contributed by atoms with Crippen molar-refractivity contribution >= 4 is 26.9 Å². The number of hydrogen-bond donors (Lipinski definition) is 1. The van der Waals surface area contributed by atoms with E-state index in [1.54, 1.807) is 43.5 Å². The van der Waals surface area contributed by atoms with E-state index in [2.05, 4.69) is 15.9 Å². The van der Waals surface area contributed by atoms with Gasteiger partial charge in [0.15, 0.2) is 11.4 Å². The summed E-state index contributed by atoms with van der Waals surface area (Å²) in [5, 5.41) is 11.1. The molecule has 0 aliphatic carbocycles. The van der Waals surface area contributed by atoms with E-state index in [0.29, 0.717) is 16.7 Å². The molecule has 1 N–H and O–H groups in total. The van der Waals surface area contributed by atoms with Crippen LogP contribution >= 0.6 is 15.9 Å². The Morgan fingerprint density at radius 1 is 1.24 bits per heavy atom. The molecule has 0 radical (unpaired) electrons. The molecule has 0 saturated carbocycles. The third-order valence-electron chi connectivity index (χ3n) is 3.28. The largest absolute Gasteiger partial charge is 0.497 e. The molecule has 108 valence electrons. The van der Waals surface area contributed by atoms with E-state index in [1.807, 2.05) is 0 Å². The molecule has 0 aliphatic heterocycles. The van der Waals surface area contributed by atoms with Crippen LogP contribution in [0.2, 0.25) is 0 Å². The zero-order valence-electron chi connectivity index (χ0n) is 11.1. The van der Waals surface area contributed by atoms with Gasteiger partial charge in [-0.1, -0.05) is 28.1 Å². The summed E-state index contributed by atoms with van der Waals surface area (Å²) in [5.41, 5.74) is 0.736. The minimum Gasteiger partial charge on any atom is -0.497 e. The first kappa shape index (κ1) is 14.1. The zero-order valence-corrected chi connectivity index (χ0v) is 12.7. The molecule has 3 nitrogen and oxygen atoms in total. The second-order valence-electron chi connectivity index (χ2n) is 4.60. The molecule has 2 aromatic carbocycles. The molecule has 0 aliphatic rings. The van der Waals surface area contributed by atoms with Gasteiger partial charge in [-0.2, -0.15) is 0 Å². The van der Waals surface area contributed by atoms with Crippen LogP contribution in [-0.4, -0.2) is 12.2 Å². The highest BCUT2D eigenvalue weighted by molar-refractivity contribution is 9.10. The van der Waals surface area contributed by atoms with Gasteiger partial charge in [0, 0.05) is 15.4 Å². The number of hydrogen-bond acceptors (Lipinski definition) is 3. The predicted molar refractivity (Wildman–Crippen MR) is 80.9 cm³/mol. The maximum atomic E-state index is 13.7. The number of rotatable bonds is 3. The van der Waals surface area contributed by atoms with Gasteiger partial charge in [-0.25, -0.2) is 4.39 Å². The van der Waals surface area contributed by atoms with Crippen LogP contribution in [0.4, 0.5) is 4.39 Å². The number of fused-ring (bicyclic) bond motifs is 1. The predicted octanol–water partition coefficient (Wildman–Crippen LogP) is 4.42. The van der Waals surface area contributed by atoms with Crippen molar-refractivity contribution in [2.24, 2.45) is 0 Å². The van der Waals surface area contributed by atoms with Crippen molar-refractivity contribution in [3.8, 4) is 5.75 Å². The summed E-state index contributed by atoms with van der Waals surface area (Å²) in [5.74, 6) is 0.453. The fourth-order valence-corrected chi connectivity index (χ4v) is 2.66. The molecule has 3 aromatic rings. The number of para-hydroxylation sites is 1. The molecule has 0 saturated heterocycles. The van der Waals surface area contributed by atoms with Crippen LogP contribution in [0, 0.1) is 5.82 Å². The summed E-state index contributed by atoms with van der Waals surface area (Å²) in [6, 6.07) is 11.6. The highest BCUT2D eigenvalue weighted by atomic mass is 79.9. The smallest absolute Gasteiger partial charge is 0.170 e. The Hall–Kier alpha value is -1.85. The van der Waals surface area contributed by atoms with Crippen molar-refractivity contribution in [3.05, 3.63) is 64.1 Å². The molecule has 1 atom stereocenters. The van der Waals surface area contributed by atoms with E-state index < -0.39 is 11.9 Å². The van der Waals surface area contributed by atoms with Gasteiger partial charge in [0.05, 0.1) is 7.11 Å². The Balaban J connectivity index is 2.07. The lowest BCUT2D eigenvalue weighted by Gasteiger charge is -2.11. The van der Waals surface area contributed by atoms with Crippen LogP contribution in [0.3, 0.4) is 0 Å². The van der Waals surface area contributed by atoms with Crippen LogP contribution < -0.4 is 4.74 Å². The van der Waals surface area contributed by atoms with Gasteiger partial charge in [-0.3, -0.25) is 0 Å². The van der Waals surface area contributed by atoms with Crippen LogP contribution in [-0.2, 0) is 0 Å². The molecule has 0 amide bonds. The van der Waals surface area contributed by atoms with Crippen molar-refractivity contribution < 1.29 is 18.7 Å². The number of methoxy groups -OCH3 is 1. The van der Waals surface area contributed by atoms with Gasteiger partial charge in [0.1, 0.15) is 17.6 Å². The molecule has 1 unspecified atom stereocenters. The third kappa shape index (κ3) is 2.54. The SMILES string of the molecule is COc1ccc(Br)c(C(O)c2cc3cccc(F)c3o2)c1. The molecular formula is C16H12BrFO3. The lowest BCUT2D eigenvalue weighted by Crippen LogP contribution is -1.99. The topological polar surface area (TPSA) is 42.6 Å². The quantitative estimate of drug-likeness (QED) is 0.759. The third-order valence-corrected chi connectivity index (χ3v) is 4.00. The summed E-state index contributed by atoms with van der Waals surface area (Å²) in [6.45, 7) is 0. The van der Waals surface area contributed by atoms with Crippen molar-refractivity contribution in [1.29, 1.82) is 0 Å². The summed E-state index contributed by atoms with van der Waals surface area (Å²) < 4.78 is 25.0. The summed E-state index contributed by atoms with van der Waals surface area (Å²) in [4.78, 5) is 0. The van der Waals surface area contributed by atoms with E-state index in [9.17, 15) is 9.50 Å². The Morgan fingerprint density at radius 2 is 2.05 bits per heavy atom. The molecule has 5 heteroatoms. The normalized spacial score (nSPS) is 12.6. The molecule has 3 rings (SSSR count). The number of furan rings is 1. The van der Waals surface area contributed by atoms with Gasteiger partial charge in [0.2, 0.25) is 0 Å². The molecule has 0 spiro atoms. The number of benzene rings is 2. The first-order valence-corrected chi connectivity index (χ1v) is 7.09. The van der Waals surface area contributed by atoms with Crippen molar-refractivity contribution in [3.63, 3.8) is 0 Å². The molecular weight excluding hydrogens is 339 g/mol. The van der Waals surface area contributed by atoms with Gasteiger partial charge in [-0.15, -0.1) is 0 Å². The first-order chi connectivity index (χ1) is 10.1. The Kier molecular flexibility index (Phi) is 3.69. The van der Waals surface area contributed by atoms with Crippen LogP contribution in [0.25, 0.3) is 11.0 Å². The second-order valence-corrected chi connectivity index (χ2v) is 5.45. The van der Waals surface area contributed by atoms with Crippen LogP contribution in [0.5, 0.6) is 5.75 Å². The number of halogens is 2. The van der Waals surface area contributed by atoms with E-state index in [1.165, 1.54) is 6.07 Å². The fraction of sp³-hybridized carbons (Fsp3) is 0.125.